The summed E-state index contributed by atoms with van der Waals surface area (Å²) in [5.74, 6) is 2.86. The second-order valence-electron chi connectivity index (χ2n) is 13.2. The van der Waals surface area contributed by atoms with Crippen molar-refractivity contribution in [2.24, 2.45) is 10.9 Å². The molecule has 1 amide bonds. The average molecular weight is 636 g/mol. The van der Waals surface area contributed by atoms with Crippen molar-refractivity contribution in [1.29, 1.82) is 0 Å². The molecule has 3 fully saturated rings. The topological polar surface area (TPSA) is 119 Å². The number of hydrogen-bond acceptors (Lipinski definition) is 8. The number of halogens is 3. The molecule has 4 heterocycles. The molecule has 240 valence electrons. The Balaban J connectivity index is 1.22. The van der Waals surface area contributed by atoms with E-state index in [1.807, 2.05) is 20.8 Å². The molecule has 0 bridgehead atoms. The first-order valence-electron chi connectivity index (χ1n) is 15.3. The summed E-state index contributed by atoms with van der Waals surface area (Å²) in [4.78, 5) is 19.8. The number of nitrogens with one attached hydrogen (secondary N) is 3. The van der Waals surface area contributed by atoms with Gasteiger partial charge >= 0.3 is 12.3 Å². The highest BCUT2D eigenvalue weighted by Crippen LogP contribution is 2.47. The normalized spacial score (nSPS) is 25.5. The van der Waals surface area contributed by atoms with Gasteiger partial charge in [0, 0.05) is 37.5 Å². The molecule has 0 spiro atoms. The largest absolute Gasteiger partial charge is 0.616 e. The average Bonchev–Trinajstić information content (AvgIpc) is 3.61. The van der Waals surface area contributed by atoms with E-state index in [9.17, 15) is 22.5 Å². The summed E-state index contributed by atoms with van der Waals surface area (Å²) in [5.41, 5.74) is -0.535. The van der Waals surface area contributed by atoms with Crippen molar-refractivity contribution in [3.63, 3.8) is 0 Å². The number of alkyl carbamates (subject to hydrolysis) is 1. The number of carbonyl (C=O) groups excluding carboxylic acids is 1. The minimum absolute atomic E-state index is 0.112. The number of anilines is 1. The molecule has 4 aliphatic rings. The standard InChI is InChI=1S/C30H40F3N7O3S/c1-28(2,3)43-27(41)38-29(11-12-29)19-7-13-39(14-8-19)24-23-18-34-40(22-6-4-5-20(17-22)30(31,32)33)25(23)37-26(36-24)35-21-9-15-44(42)16-10-21/h4-6,17-19,21,26,35,37H,7-16H2,1-3H3,(H,38,41). The molecular formula is C30H40F3N7O3S. The van der Waals surface area contributed by atoms with Gasteiger partial charge in [-0.25, -0.2) is 14.5 Å². The predicted octanol–water partition coefficient (Wildman–Crippen LogP) is 4.62. The molecule has 1 saturated carbocycles. The van der Waals surface area contributed by atoms with E-state index in [0.717, 1.165) is 62.1 Å². The van der Waals surface area contributed by atoms with Crippen LogP contribution in [-0.2, 0) is 22.1 Å². The highest BCUT2D eigenvalue weighted by Gasteiger charge is 2.52. The lowest BCUT2D eigenvalue weighted by molar-refractivity contribution is -0.137. The fraction of sp³-hybridized carbons (Fsp3) is 0.633. The summed E-state index contributed by atoms with van der Waals surface area (Å²) in [6, 6.07) is 5.24. The maximum Gasteiger partial charge on any atom is 0.416 e. The van der Waals surface area contributed by atoms with Gasteiger partial charge in [0.05, 0.1) is 23.0 Å². The fourth-order valence-corrected chi connectivity index (χ4v) is 7.75. The van der Waals surface area contributed by atoms with E-state index in [4.69, 9.17) is 9.73 Å². The number of alkyl halides is 3. The quantitative estimate of drug-likeness (QED) is 0.411. The van der Waals surface area contributed by atoms with Crippen LogP contribution >= 0.6 is 0 Å². The number of fused-ring (bicyclic) bond motifs is 1. The lowest BCUT2D eigenvalue weighted by atomic mass is 9.87. The first kappa shape index (κ1) is 31.0. The second kappa shape index (κ2) is 11.8. The van der Waals surface area contributed by atoms with Crippen molar-refractivity contribution in [2.75, 3.05) is 29.9 Å². The van der Waals surface area contributed by atoms with Gasteiger partial charge in [-0.05, 0) is 70.6 Å². The van der Waals surface area contributed by atoms with Gasteiger partial charge in [-0.1, -0.05) is 17.2 Å². The van der Waals surface area contributed by atoms with Crippen LogP contribution in [0.25, 0.3) is 5.69 Å². The van der Waals surface area contributed by atoms with Gasteiger partial charge in [0.1, 0.15) is 28.8 Å². The molecule has 1 aliphatic carbocycles. The Labute approximate surface area is 258 Å². The van der Waals surface area contributed by atoms with Crippen LogP contribution in [-0.4, -0.2) is 79.2 Å². The van der Waals surface area contributed by atoms with Crippen LogP contribution in [0.1, 0.15) is 70.4 Å². The molecular weight excluding hydrogens is 595 g/mol. The third-order valence-electron chi connectivity index (χ3n) is 8.85. The maximum atomic E-state index is 13.5. The first-order chi connectivity index (χ1) is 20.8. The number of benzene rings is 1. The van der Waals surface area contributed by atoms with E-state index >= 15 is 0 Å². The summed E-state index contributed by atoms with van der Waals surface area (Å²) in [5, 5.41) is 14.6. The lowest BCUT2D eigenvalue weighted by Crippen LogP contribution is -2.52. The zero-order valence-electron chi connectivity index (χ0n) is 25.2. The van der Waals surface area contributed by atoms with Crippen LogP contribution in [0, 0.1) is 5.92 Å². The summed E-state index contributed by atoms with van der Waals surface area (Å²) < 4.78 is 59.5. The zero-order chi connectivity index (χ0) is 31.3. The molecule has 2 aromatic rings. The van der Waals surface area contributed by atoms with Crippen molar-refractivity contribution < 1.29 is 27.3 Å². The SMILES string of the molecule is CC(C)(C)OC(=O)NC1(C2CCN(C3=NC(NC4CC[S+]([O-])CC4)Nc4c3cnn4-c3cccc(C(F)(F)F)c3)CC2)CC1. The number of aliphatic imine (C=N–C) groups is 1. The Morgan fingerprint density at radius 1 is 1.14 bits per heavy atom. The van der Waals surface area contributed by atoms with Gasteiger partial charge < -0.3 is 24.8 Å². The predicted molar refractivity (Wildman–Crippen MR) is 162 cm³/mol. The van der Waals surface area contributed by atoms with Gasteiger partial charge in [0.2, 0.25) is 0 Å². The highest BCUT2D eigenvalue weighted by molar-refractivity contribution is 7.91. The molecule has 1 unspecified atom stereocenters. The molecule has 2 saturated heterocycles. The monoisotopic (exact) mass is 635 g/mol. The van der Waals surface area contributed by atoms with Crippen LogP contribution in [0.2, 0.25) is 0 Å². The van der Waals surface area contributed by atoms with Crippen molar-refractivity contribution in [2.45, 2.75) is 88.9 Å². The molecule has 3 aliphatic heterocycles. The summed E-state index contributed by atoms with van der Waals surface area (Å²) >= 11 is -0.806. The minimum atomic E-state index is -4.48. The Kier molecular flexibility index (Phi) is 8.29. The van der Waals surface area contributed by atoms with Gasteiger partial charge in [-0.2, -0.15) is 18.3 Å². The van der Waals surface area contributed by atoms with Crippen molar-refractivity contribution in [3.8, 4) is 5.69 Å². The van der Waals surface area contributed by atoms with E-state index in [0.29, 0.717) is 42.0 Å². The Hall–Kier alpha value is -2.97. The third kappa shape index (κ3) is 6.81. The van der Waals surface area contributed by atoms with E-state index in [-0.39, 0.29) is 17.7 Å². The molecule has 1 aromatic carbocycles. The fourth-order valence-electron chi connectivity index (χ4n) is 6.45. The van der Waals surface area contributed by atoms with E-state index < -0.39 is 34.8 Å². The third-order valence-corrected chi connectivity index (χ3v) is 10.2. The molecule has 14 heteroatoms. The molecule has 0 radical (unpaired) electrons. The smallest absolute Gasteiger partial charge is 0.416 e. The summed E-state index contributed by atoms with van der Waals surface area (Å²) in [6.45, 7) is 6.98. The summed E-state index contributed by atoms with van der Waals surface area (Å²) in [7, 11) is 0. The molecule has 6 rings (SSSR count). The van der Waals surface area contributed by atoms with Crippen LogP contribution in [0.5, 0.6) is 0 Å². The number of ether oxygens (including phenoxy) is 1. The van der Waals surface area contributed by atoms with E-state index in [2.05, 4.69) is 25.9 Å². The number of carbonyl (C=O) groups is 1. The van der Waals surface area contributed by atoms with Crippen molar-refractivity contribution >= 4 is 28.9 Å². The second-order valence-corrected chi connectivity index (χ2v) is 14.9. The lowest BCUT2D eigenvalue weighted by Gasteiger charge is -2.40. The van der Waals surface area contributed by atoms with E-state index in [1.54, 1.807) is 12.3 Å². The number of amidine groups is 1. The molecule has 44 heavy (non-hydrogen) atoms. The van der Waals surface area contributed by atoms with Crippen LogP contribution < -0.4 is 16.0 Å². The van der Waals surface area contributed by atoms with Gasteiger partial charge in [-0.3, -0.25) is 5.32 Å². The van der Waals surface area contributed by atoms with Crippen molar-refractivity contribution in [1.82, 2.24) is 25.3 Å². The number of hydrogen-bond donors (Lipinski definition) is 3. The van der Waals surface area contributed by atoms with Gasteiger partial charge in [0.15, 0.2) is 6.29 Å². The van der Waals surface area contributed by atoms with Crippen LogP contribution in [0.4, 0.5) is 23.8 Å². The molecule has 10 nitrogen and oxygen atoms in total. The first-order valence-corrected chi connectivity index (χ1v) is 16.8. The molecule has 1 aromatic heterocycles. The van der Waals surface area contributed by atoms with Gasteiger partial charge in [-0.15, -0.1) is 0 Å². The number of aromatic nitrogens is 2. The number of piperidine rings is 1. The van der Waals surface area contributed by atoms with E-state index in [1.165, 1.54) is 10.7 Å². The number of nitrogens with zero attached hydrogens (tertiary/aromatic N) is 4. The highest BCUT2D eigenvalue weighted by atomic mass is 32.2. The summed E-state index contributed by atoms with van der Waals surface area (Å²) in [6.07, 6.45) is 1.33. The van der Waals surface area contributed by atoms with Crippen molar-refractivity contribution in [3.05, 3.63) is 41.6 Å². The van der Waals surface area contributed by atoms with Crippen LogP contribution in [0.3, 0.4) is 0 Å². The Bertz CT molecular complexity index is 1390. The van der Waals surface area contributed by atoms with Gasteiger partial charge in [0.25, 0.3) is 0 Å². The molecule has 1 atom stereocenters. The number of likely N-dealkylation sites (tertiary alicyclic amines) is 1. The maximum absolute atomic E-state index is 13.5. The number of rotatable bonds is 5. The minimum Gasteiger partial charge on any atom is -0.616 e. The number of amides is 1. The Morgan fingerprint density at radius 3 is 2.48 bits per heavy atom. The Morgan fingerprint density at radius 2 is 1.84 bits per heavy atom. The van der Waals surface area contributed by atoms with Crippen LogP contribution in [0.15, 0.2) is 35.5 Å². The zero-order valence-corrected chi connectivity index (χ0v) is 26.1. The molecule has 3 N–H and O–H groups in total.